The van der Waals surface area contributed by atoms with Crippen LogP contribution < -0.4 is 0 Å². The summed E-state index contributed by atoms with van der Waals surface area (Å²) in [6.45, 7) is 0. The minimum Gasteiger partial charge on any atom is -0.313 e. The molecule has 11 heteroatoms. The zero-order valence-electron chi connectivity index (χ0n) is 16.2. The number of nitro groups is 1. The second kappa shape index (κ2) is 7.96. The van der Waals surface area contributed by atoms with Gasteiger partial charge in [-0.3, -0.25) is 14.9 Å². The molecule has 0 saturated carbocycles. The van der Waals surface area contributed by atoms with Crippen LogP contribution in [0.15, 0.2) is 61.2 Å². The maximum Gasteiger partial charge on any atom is 0.295 e. The Morgan fingerprint density at radius 2 is 1.97 bits per heavy atom. The number of benzene rings is 2. The topological polar surface area (TPSA) is 145 Å². The summed E-state index contributed by atoms with van der Waals surface area (Å²) < 4.78 is 2.79. The van der Waals surface area contributed by atoms with E-state index in [9.17, 15) is 20.2 Å². The Morgan fingerprint density at radius 3 is 2.61 bits per heavy atom. The average Bonchev–Trinajstić information content (AvgIpc) is 3.45. The zero-order chi connectivity index (χ0) is 22.0. The summed E-state index contributed by atoms with van der Waals surface area (Å²) in [6, 6.07) is 15.1. The molecule has 0 spiro atoms. The molecule has 0 amide bonds. The number of carbonyl (C=O) groups is 1. The number of carbonyl (C=O) groups excluding carboxylic acids is 1. The highest BCUT2D eigenvalue weighted by atomic mass is 16.6. The van der Waals surface area contributed by atoms with E-state index in [1.54, 1.807) is 11.6 Å². The molecule has 31 heavy (non-hydrogen) atoms. The number of aromatic nitrogens is 6. The van der Waals surface area contributed by atoms with E-state index in [4.69, 9.17) is 0 Å². The second-order valence-corrected chi connectivity index (χ2v) is 6.53. The van der Waals surface area contributed by atoms with Crippen molar-refractivity contribution in [2.75, 3.05) is 0 Å². The quantitative estimate of drug-likeness (QED) is 0.266. The molecule has 2 aromatic heterocycles. The number of nitriles is 1. The molecule has 152 valence electrons. The van der Waals surface area contributed by atoms with E-state index in [1.165, 1.54) is 29.5 Å². The van der Waals surface area contributed by atoms with Gasteiger partial charge in [-0.2, -0.15) is 10.4 Å². The molecule has 0 N–H and O–H groups in total. The smallest absolute Gasteiger partial charge is 0.295 e. The lowest BCUT2D eigenvalue weighted by molar-refractivity contribution is -0.384. The summed E-state index contributed by atoms with van der Waals surface area (Å²) in [5.41, 5.74) is 0.598. The van der Waals surface area contributed by atoms with Crippen molar-refractivity contribution >= 4 is 11.5 Å². The van der Waals surface area contributed by atoms with Crippen molar-refractivity contribution in [3.05, 3.63) is 82.7 Å². The molecule has 0 aliphatic carbocycles. The maximum absolute atomic E-state index is 13.1. The first-order valence-electron chi connectivity index (χ1n) is 9.03. The first kappa shape index (κ1) is 19.6. The van der Waals surface area contributed by atoms with Crippen molar-refractivity contribution in [2.45, 2.75) is 5.92 Å². The lowest BCUT2D eigenvalue weighted by Gasteiger charge is -2.10. The average molecular weight is 414 g/mol. The van der Waals surface area contributed by atoms with E-state index < -0.39 is 16.6 Å². The molecular formula is C20H14N8O3. The van der Waals surface area contributed by atoms with Gasteiger partial charge in [0.1, 0.15) is 18.3 Å². The molecule has 11 nitrogen and oxygen atoms in total. The Morgan fingerprint density at radius 1 is 1.19 bits per heavy atom. The molecule has 2 aromatic carbocycles. The summed E-state index contributed by atoms with van der Waals surface area (Å²) in [5, 5.41) is 33.3. The van der Waals surface area contributed by atoms with Crippen molar-refractivity contribution in [2.24, 2.45) is 7.05 Å². The van der Waals surface area contributed by atoms with Crippen LogP contribution >= 0.6 is 0 Å². The van der Waals surface area contributed by atoms with E-state index in [1.807, 2.05) is 36.4 Å². The highest BCUT2D eigenvalue weighted by Crippen LogP contribution is 2.28. The van der Waals surface area contributed by atoms with Crippen LogP contribution in [-0.2, 0) is 7.05 Å². The fraction of sp³-hybridized carbons (Fsp3) is 0.100. The Hall–Kier alpha value is -4.72. The summed E-state index contributed by atoms with van der Waals surface area (Å²) in [7, 11) is 1.66. The van der Waals surface area contributed by atoms with E-state index in [2.05, 4.69) is 20.3 Å². The molecule has 1 unspecified atom stereocenters. The van der Waals surface area contributed by atoms with Crippen molar-refractivity contribution in [1.29, 1.82) is 5.26 Å². The molecule has 0 fully saturated rings. The Bertz CT molecular complexity index is 1310. The van der Waals surface area contributed by atoms with Gasteiger partial charge in [0.2, 0.25) is 0 Å². The van der Waals surface area contributed by atoms with Gasteiger partial charge in [0.05, 0.1) is 11.0 Å². The molecule has 0 bridgehead atoms. The molecule has 1 atom stereocenters. The summed E-state index contributed by atoms with van der Waals surface area (Å²) in [6.07, 6.45) is 2.56. The van der Waals surface area contributed by atoms with E-state index in [0.717, 1.165) is 11.6 Å². The van der Waals surface area contributed by atoms with Gasteiger partial charge in [0, 0.05) is 24.2 Å². The van der Waals surface area contributed by atoms with Crippen LogP contribution in [0.2, 0.25) is 0 Å². The molecule has 0 saturated heterocycles. The van der Waals surface area contributed by atoms with E-state index in [0.29, 0.717) is 5.82 Å². The van der Waals surface area contributed by atoms with Crippen LogP contribution in [0.25, 0.3) is 17.1 Å². The molecule has 0 radical (unpaired) electrons. The number of nitrogens with zero attached hydrogens (tertiary/aromatic N) is 8. The largest absolute Gasteiger partial charge is 0.313 e. The van der Waals surface area contributed by atoms with Crippen molar-refractivity contribution in [3.63, 3.8) is 0 Å². The highest BCUT2D eigenvalue weighted by molar-refractivity contribution is 6.03. The molecule has 0 aliphatic heterocycles. The van der Waals surface area contributed by atoms with Crippen LogP contribution in [0.3, 0.4) is 0 Å². The number of ketones is 1. The van der Waals surface area contributed by atoms with Crippen LogP contribution in [0, 0.1) is 21.4 Å². The van der Waals surface area contributed by atoms with Gasteiger partial charge in [-0.05, 0) is 12.1 Å². The second-order valence-electron chi connectivity index (χ2n) is 6.53. The van der Waals surface area contributed by atoms with Gasteiger partial charge >= 0.3 is 0 Å². The van der Waals surface area contributed by atoms with Gasteiger partial charge in [-0.25, -0.2) is 9.67 Å². The third kappa shape index (κ3) is 3.53. The van der Waals surface area contributed by atoms with Crippen molar-refractivity contribution in [1.82, 2.24) is 29.5 Å². The van der Waals surface area contributed by atoms with E-state index in [-0.39, 0.29) is 22.8 Å². The highest BCUT2D eigenvalue weighted by Gasteiger charge is 2.30. The molecular weight excluding hydrogens is 400 g/mol. The number of rotatable bonds is 6. The van der Waals surface area contributed by atoms with Gasteiger partial charge in [0.15, 0.2) is 23.3 Å². The predicted octanol–water partition coefficient (Wildman–Crippen LogP) is 2.46. The summed E-state index contributed by atoms with van der Waals surface area (Å²) in [5.74, 6) is -1.26. The molecule has 4 rings (SSSR count). The fourth-order valence-corrected chi connectivity index (χ4v) is 3.18. The normalized spacial score (nSPS) is 11.6. The minimum atomic E-state index is -1.29. The molecule has 2 heterocycles. The first-order chi connectivity index (χ1) is 15.0. The third-order valence-corrected chi connectivity index (χ3v) is 4.71. The van der Waals surface area contributed by atoms with Crippen molar-refractivity contribution < 1.29 is 9.72 Å². The standard InChI is InChI=1S/C20H14N8O3/c1-26-19(13-5-3-2-4-6-13)24-25-20(26)15(10-21)18(29)14-7-8-16(17(9-14)28(30)31)27-12-22-11-23-27/h2-9,11-12,15H,1H3. The van der Waals surface area contributed by atoms with Crippen LogP contribution in [0.4, 0.5) is 5.69 Å². The van der Waals surface area contributed by atoms with Gasteiger partial charge in [-0.1, -0.05) is 30.3 Å². The molecule has 4 aromatic rings. The van der Waals surface area contributed by atoms with Gasteiger partial charge in [-0.15, -0.1) is 10.2 Å². The SMILES string of the molecule is Cn1c(-c2ccccc2)nnc1C(C#N)C(=O)c1ccc(-n2cncn2)c([N+](=O)[O-])c1. The van der Waals surface area contributed by atoms with E-state index >= 15 is 0 Å². The minimum absolute atomic E-state index is 0.00590. The first-order valence-corrected chi connectivity index (χ1v) is 9.03. The lowest BCUT2D eigenvalue weighted by Crippen LogP contribution is -2.16. The fourth-order valence-electron chi connectivity index (χ4n) is 3.18. The monoisotopic (exact) mass is 414 g/mol. The van der Waals surface area contributed by atoms with Gasteiger partial charge < -0.3 is 4.57 Å². The number of nitro benzene ring substituents is 1. The Labute approximate surface area is 175 Å². The number of hydrogen-bond acceptors (Lipinski definition) is 8. The van der Waals surface area contributed by atoms with Crippen LogP contribution in [0.1, 0.15) is 22.1 Å². The Balaban J connectivity index is 1.72. The summed E-state index contributed by atoms with van der Waals surface area (Å²) in [4.78, 5) is 27.8. The number of hydrogen-bond donors (Lipinski definition) is 0. The maximum atomic E-state index is 13.1. The van der Waals surface area contributed by atoms with Crippen molar-refractivity contribution in [3.8, 4) is 23.1 Å². The third-order valence-electron chi connectivity index (χ3n) is 4.71. The zero-order valence-corrected chi connectivity index (χ0v) is 16.2. The summed E-state index contributed by atoms with van der Waals surface area (Å²) >= 11 is 0. The van der Waals surface area contributed by atoms with Gasteiger partial charge in [0.25, 0.3) is 5.69 Å². The Kier molecular flexibility index (Phi) is 5.03. The molecule has 0 aliphatic rings. The van der Waals surface area contributed by atoms with Crippen LogP contribution in [-0.4, -0.2) is 40.2 Å². The van der Waals surface area contributed by atoms with Crippen LogP contribution in [0.5, 0.6) is 0 Å². The number of Topliss-reactive ketones (excluding diaryl/α,β-unsaturated/α-hetero) is 1. The lowest BCUT2D eigenvalue weighted by atomic mass is 9.97. The predicted molar refractivity (Wildman–Crippen MR) is 107 cm³/mol.